The Morgan fingerprint density at radius 2 is 2.07 bits per heavy atom. The van der Waals surface area contributed by atoms with E-state index in [9.17, 15) is 9.59 Å². The van der Waals surface area contributed by atoms with E-state index in [1.807, 2.05) is 13.8 Å². The Balaban J connectivity index is 2.46. The van der Waals surface area contributed by atoms with Crippen molar-refractivity contribution in [2.45, 2.75) is 19.9 Å². The Hall–Kier alpha value is -1.26. The van der Waals surface area contributed by atoms with Crippen LogP contribution in [0.4, 0.5) is 4.79 Å². The Kier molecular flexibility index (Phi) is 3.33. The van der Waals surface area contributed by atoms with E-state index in [1.54, 1.807) is 16.8 Å². The van der Waals surface area contributed by atoms with Gasteiger partial charge in [0.15, 0.2) is 0 Å². The van der Waals surface area contributed by atoms with Gasteiger partial charge in [-0.2, -0.15) is 0 Å². The molecule has 0 spiro atoms. The van der Waals surface area contributed by atoms with Crippen molar-refractivity contribution in [3.8, 4) is 0 Å². The molecule has 1 fully saturated rings. The van der Waals surface area contributed by atoms with Gasteiger partial charge < -0.3 is 15.1 Å². The monoisotopic (exact) mass is 199 g/mol. The summed E-state index contributed by atoms with van der Waals surface area (Å²) in [6, 6.07) is -0.0429. The highest BCUT2D eigenvalue weighted by Crippen LogP contribution is 2.01. The summed E-state index contributed by atoms with van der Waals surface area (Å²) in [7, 11) is 1.75. The molecular weight excluding hydrogens is 182 g/mol. The molecule has 0 aromatic rings. The van der Waals surface area contributed by atoms with E-state index in [0.717, 1.165) is 0 Å². The van der Waals surface area contributed by atoms with E-state index in [2.05, 4.69) is 5.32 Å². The molecule has 0 aliphatic carbocycles. The van der Waals surface area contributed by atoms with Gasteiger partial charge in [0.1, 0.15) is 6.54 Å². The van der Waals surface area contributed by atoms with Crippen molar-refractivity contribution in [1.82, 2.24) is 15.1 Å². The number of hydrogen-bond donors (Lipinski definition) is 1. The first-order valence-electron chi connectivity index (χ1n) is 4.80. The molecular formula is C9H17N3O2. The molecule has 3 amide bonds. The molecule has 5 heteroatoms. The molecule has 0 atom stereocenters. The van der Waals surface area contributed by atoms with E-state index >= 15 is 0 Å². The van der Waals surface area contributed by atoms with Crippen molar-refractivity contribution in [3.63, 3.8) is 0 Å². The van der Waals surface area contributed by atoms with Crippen molar-refractivity contribution in [3.05, 3.63) is 0 Å². The van der Waals surface area contributed by atoms with Gasteiger partial charge in [-0.15, -0.1) is 0 Å². The van der Waals surface area contributed by atoms with E-state index in [0.29, 0.717) is 13.1 Å². The fourth-order valence-corrected chi connectivity index (χ4v) is 1.27. The minimum Gasteiger partial charge on any atom is -0.342 e. The van der Waals surface area contributed by atoms with Crippen molar-refractivity contribution in [2.75, 3.05) is 26.7 Å². The fourth-order valence-electron chi connectivity index (χ4n) is 1.27. The number of nitrogens with one attached hydrogen (secondary N) is 1. The molecule has 1 rings (SSSR count). The smallest absolute Gasteiger partial charge is 0.318 e. The minimum atomic E-state index is -0.151. The summed E-state index contributed by atoms with van der Waals surface area (Å²) in [5, 5.41) is 2.76. The highest BCUT2D eigenvalue weighted by atomic mass is 16.2. The van der Waals surface area contributed by atoms with Crippen LogP contribution in [0.15, 0.2) is 0 Å². The van der Waals surface area contributed by atoms with E-state index in [-0.39, 0.29) is 24.5 Å². The number of rotatable bonds is 1. The highest BCUT2D eigenvalue weighted by Gasteiger charge is 2.24. The van der Waals surface area contributed by atoms with Gasteiger partial charge in [0, 0.05) is 26.2 Å². The van der Waals surface area contributed by atoms with Gasteiger partial charge in [0.25, 0.3) is 0 Å². The molecule has 1 aliphatic heterocycles. The lowest BCUT2D eigenvalue weighted by atomic mass is 10.3. The van der Waals surface area contributed by atoms with Crippen LogP contribution in [-0.4, -0.2) is 54.5 Å². The lowest BCUT2D eigenvalue weighted by Gasteiger charge is -2.32. The second-order valence-corrected chi connectivity index (χ2v) is 3.84. The molecule has 1 saturated heterocycles. The van der Waals surface area contributed by atoms with Gasteiger partial charge in [-0.25, -0.2) is 4.79 Å². The summed E-state index contributed by atoms with van der Waals surface area (Å²) >= 11 is 0. The number of hydrogen-bond acceptors (Lipinski definition) is 2. The second-order valence-electron chi connectivity index (χ2n) is 3.84. The van der Waals surface area contributed by atoms with Gasteiger partial charge in [-0.3, -0.25) is 4.79 Å². The van der Waals surface area contributed by atoms with Crippen LogP contribution in [0.5, 0.6) is 0 Å². The van der Waals surface area contributed by atoms with E-state index in [4.69, 9.17) is 0 Å². The molecule has 1 aliphatic rings. The van der Waals surface area contributed by atoms with Crippen LogP contribution in [0.25, 0.3) is 0 Å². The molecule has 5 nitrogen and oxygen atoms in total. The maximum absolute atomic E-state index is 11.5. The van der Waals surface area contributed by atoms with Crippen LogP contribution in [-0.2, 0) is 4.79 Å². The molecule has 0 aromatic carbocycles. The third kappa shape index (κ3) is 2.61. The number of nitrogens with zero attached hydrogens (tertiary/aromatic N) is 2. The average Bonchev–Trinajstić information content (AvgIpc) is 2.08. The van der Waals surface area contributed by atoms with E-state index < -0.39 is 0 Å². The zero-order chi connectivity index (χ0) is 10.7. The molecule has 0 radical (unpaired) electrons. The highest BCUT2D eigenvalue weighted by molar-refractivity contribution is 5.85. The molecule has 0 aromatic heterocycles. The normalized spacial score (nSPS) is 17.6. The van der Waals surface area contributed by atoms with Crippen LogP contribution in [0, 0.1) is 0 Å². The van der Waals surface area contributed by atoms with Crippen LogP contribution in [0.3, 0.4) is 0 Å². The van der Waals surface area contributed by atoms with Crippen LogP contribution in [0.1, 0.15) is 13.8 Å². The Morgan fingerprint density at radius 3 is 2.57 bits per heavy atom. The fraction of sp³-hybridized carbons (Fsp3) is 0.778. The summed E-state index contributed by atoms with van der Waals surface area (Å²) in [6.07, 6.45) is 0. The summed E-state index contributed by atoms with van der Waals surface area (Å²) in [6.45, 7) is 5.21. The van der Waals surface area contributed by atoms with Gasteiger partial charge >= 0.3 is 6.03 Å². The molecule has 0 bridgehead atoms. The number of urea groups is 1. The molecule has 0 saturated carbocycles. The molecule has 1 N–H and O–H groups in total. The zero-order valence-corrected chi connectivity index (χ0v) is 8.91. The van der Waals surface area contributed by atoms with Crippen molar-refractivity contribution >= 4 is 11.9 Å². The lowest BCUT2D eigenvalue weighted by molar-refractivity contribution is -0.133. The predicted octanol–water partition coefficient (Wildman–Crippen LogP) is -0.122. The maximum atomic E-state index is 11.5. The first-order chi connectivity index (χ1) is 6.50. The molecule has 14 heavy (non-hydrogen) atoms. The Morgan fingerprint density at radius 1 is 1.43 bits per heavy atom. The summed E-state index contributed by atoms with van der Waals surface area (Å²) in [5.41, 5.74) is 0. The topological polar surface area (TPSA) is 52.7 Å². The zero-order valence-electron chi connectivity index (χ0n) is 8.91. The average molecular weight is 199 g/mol. The SMILES string of the molecule is CC(C)NC(=O)N1CCN(C)C(=O)C1. The Labute approximate surface area is 84.0 Å². The lowest BCUT2D eigenvalue weighted by Crippen LogP contribution is -2.54. The first-order valence-corrected chi connectivity index (χ1v) is 4.80. The van der Waals surface area contributed by atoms with Gasteiger partial charge in [0.05, 0.1) is 0 Å². The van der Waals surface area contributed by atoms with Gasteiger partial charge in [-0.05, 0) is 13.8 Å². The summed E-state index contributed by atoms with van der Waals surface area (Å²) < 4.78 is 0. The third-order valence-electron chi connectivity index (χ3n) is 2.16. The van der Waals surface area contributed by atoms with E-state index in [1.165, 1.54) is 0 Å². The second kappa shape index (κ2) is 4.30. The van der Waals surface area contributed by atoms with Gasteiger partial charge in [0.2, 0.25) is 5.91 Å². The standard InChI is InChI=1S/C9H17N3O2/c1-7(2)10-9(14)12-5-4-11(3)8(13)6-12/h7H,4-6H2,1-3H3,(H,10,14). The largest absolute Gasteiger partial charge is 0.342 e. The number of piperazine rings is 1. The number of carbonyl (C=O) groups excluding carboxylic acids is 2. The molecule has 1 heterocycles. The van der Waals surface area contributed by atoms with Gasteiger partial charge in [-0.1, -0.05) is 0 Å². The quantitative estimate of drug-likeness (QED) is 0.640. The van der Waals surface area contributed by atoms with Crippen molar-refractivity contribution in [1.29, 1.82) is 0 Å². The van der Waals surface area contributed by atoms with Crippen molar-refractivity contribution < 1.29 is 9.59 Å². The number of likely N-dealkylation sites (N-methyl/N-ethyl adjacent to an activating group) is 1. The number of amides is 3. The number of carbonyl (C=O) groups is 2. The maximum Gasteiger partial charge on any atom is 0.318 e. The Bertz CT molecular complexity index is 240. The first kappa shape index (κ1) is 10.8. The third-order valence-corrected chi connectivity index (χ3v) is 2.16. The molecule has 80 valence electrons. The predicted molar refractivity (Wildman–Crippen MR) is 52.9 cm³/mol. The minimum absolute atomic E-state index is 0.00449. The van der Waals surface area contributed by atoms with Crippen LogP contribution < -0.4 is 5.32 Å². The molecule has 0 unspecified atom stereocenters. The van der Waals surface area contributed by atoms with Crippen molar-refractivity contribution in [2.24, 2.45) is 0 Å². The summed E-state index contributed by atoms with van der Waals surface area (Å²) in [4.78, 5) is 26.0. The van der Waals surface area contributed by atoms with Crippen LogP contribution in [0.2, 0.25) is 0 Å². The van der Waals surface area contributed by atoms with Crippen LogP contribution >= 0.6 is 0 Å². The summed E-state index contributed by atoms with van der Waals surface area (Å²) in [5.74, 6) is -0.00449.